The molecule has 0 amide bonds. The van der Waals surface area contributed by atoms with E-state index in [2.05, 4.69) is 0 Å². The highest BCUT2D eigenvalue weighted by Gasteiger charge is 2.47. The Morgan fingerprint density at radius 2 is 1.90 bits per heavy atom. The molecule has 0 saturated heterocycles. The maximum Gasteiger partial charge on any atom is 0.392 e. The van der Waals surface area contributed by atoms with Crippen LogP contribution in [-0.2, 0) is 11.2 Å². The molecule has 21 heavy (non-hydrogen) atoms. The van der Waals surface area contributed by atoms with Crippen LogP contribution < -0.4 is 0 Å². The Morgan fingerprint density at radius 3 is 2.57 bits per heavy atom. The normalized spacial score (nSPS) is 23.1. The molecule has 2 atom stereocenters. The molecule has 1 fully saturated rings. The lowest BCUT2D eigenvalue weighted by atomic mass is 9.75. The number of hydrogen-bond donors (Lipinski definition) is 0. The Bertz CT molecular complexity index is 527. The largest absolute Gasteiger partial charge is 0.392 e. The maximum absolute atomic E-state index is 13.2. The van der Waals surface area contributed by atoms with Crippen LogP contribution >= 0.6 is 11.6 Å². The topological polar surface area (TPSA) is 17.1 Å². The van der Waals surface area contributed by atoms with Crippen molar-refractivity contribution in [3.05, 3.63) is 34.6 Å². The van der Waals surface area contributed by atoms with E-state index in [1.165, 1.54) is 6.07 Å². The fraction of sp³-hybridized carbons (Fsp3) is 0.533. The minimum Gasteiger partial charge on any atom is -0.299 e. The fourth-order valence-electron chi connectivity index (χ4n) is 2.91. The Hall–Kier alpha value is -1.10. The van der Waals surface area contributed by atoms with Crippen molar-refractivity contribution in [1.29, 1.82) is 0 Å². The fourth-order valence-corrected chi connectivity index (χ4v) is 3.09. The van der Waals surface area contributed by atoms with Crippen LogP contribution in [0.2, 0.25) is 5.02 Å². The van der Waals surface area contributed by atoms with E-state index in [1.54, 1.807) is 0 Å². The number of Topliss-reactive ketones (excluding diaryl/α,β-unsaturated/α-hetero) is 1. The van der Waals surface area contributed by atoms with Crippen LogP contribution in [0.5, 0.6) is 0 Å². The molecule has 0 spiro atoms. The second-order valence-electron chi connectivity index (χ2n) is 5.42. The third-order valence-electron chi connectivity index (χ3n) is 3.97. The van der Waals surface area contributed by atoms with Gasteiger partial charge in [-0.1, -0.05) is 24.4 Å². The molecule has 1 aliphatic rings. The summed E-state index contributed by atoms with van der Waals surface area (Å²) in [6, 6.07) is 3.56. The number of benzene rings is 1. The van der Waals surface area contributed by atoms with Crippen molar-refractivity contribution in [2.45, 2.75) is 38.3 Å². The van der Waals surface area contributed by atoms with Crippen molar-refractivity contribution in [2.75, 3.05) is 0 Å². The predicted octanol–water partition coefficient (Wildman–Crippen LogP) is 4.96. The summed E-state index contributed by atoms with van der Waals surface area (Å²) >= 11 is 5.86. The first-order valence-corrected chi connectivity index (χ1v) is 7.20. The van der Waals surface area contributed by atoms with Crippen LogP contribution in [0.1, 0.15) is 31.2 Å². The van der Waals surface area contributed by atoms with Crippen molar-refractivity contribution >= 4 is 17.4 Å². The molecule has 0 bridgehead atoms. The molecule has 1 aromatic carbocycles. The molecule has 2 rings (SSSR count). The van der Waals surface area contributed by atoms with Crippen molar-refractivity contribution in [3.63, 3.8) is 0 Å². The zero-order valence-electron chi connectivity index (χ0n) is 11.2. The minimum absolute atomic E-state index is 0.0171. The number of alkyl halides is 3. The molecular formula is C15H15ClF4O. The zero-order chi connectivity index (χ0) is 15.6. The molecule has 6 heteroatoms. The Labute approximate surface area is 125 Å². The van der Waals surface area contributed by atoms with E-state index >= 15 is 0 Å². The van der Waals surface area contributed by atoms with E-state index in [9.17, 15) is 22.4 Å². The van der Waals surface area contributed by atoms with Crippen LogP contribution in [0.25, 0.3) is 0 Å². The van der Waals surface area contributed by atoms with Gasteiger partial charge in [0.1, 0.15) is 11.6 Å². The predicted molar refractivity (Wildman–Crippen MR) is 71.6 cm³/mol. The lowest BCUT2D eigenvalue weighted by molar-refractivity contribution is -0.197. The van der Waals surface area contributed by atoms with Gasteiger partial charge in [0.05, 0.1) is 5.92 Å². The zero-order valence-corrected chi connectivity index (χ0v) is 12.0. The number of carbonyl (C=O) groups is 1. The van der Waals surface area contributed by atoms with Crippen LogP contribution in [0.4, 0.5) is 17.6 Å². The second-order valence-corrected chi connectivity index (χ2v) is 5.83. The summed E-state index contributed by atoms with van der Waals surface area (Å²) in [4.78, 5) is 12.2. The van der Waals surface area contributed by atoms with Crippen LogP contribution in [0.3, 0.4) is 0 Å². The van der Waals surface area contributed by atoms with Gasteiger partial charge in [-0.2, -0.15) is 13.2 Å². The van der Waals surface area contributed by atoms with E-state index in [-0.39, 0.29) is 29.8 Å². The van der Waals surface area contributed by atoms with Gasteiger partial charge in [-0.25, -0.2) is 4.39 Å². The van der Waals surface area contributed by atoms with E-state index in [0.717, 1.165) is 12.1 Å². The van der Waals surface area contributed by atoms with Crippen LogP contribution in [0.15, 0.2) is 18.2 Å². The van der Waals surface area contributed by atoms with Gasteiger partial charge in [0, 0.05) is 17.4 Å². The van der Waals surface area contributed by atoms with Gasteiger partial charge in [0.2, 0.25) is 0 Å². The third-order valence-corrected chi connectivity index (χ3v) is 4.34. The number of carbonyl (C=O) groups excluding carboxylic acids is 1. The van der Waals surface area contributed by atoms with E-state index in [4.69, 9.17) is 11.6 Å². The SMILES string of the molecule is O=C(Cc1cc(F)ccc1Cl)C1CCCCC1C(F)(F)F. The van der Waals surface area contributed by atoms with Gasteiger partial charge in [-0.05, 0) is 36.6 Å². The third kappa shape index (κ3) is 3.96. The van der Waals surface area contributed by atoms with Crippen LogP contribution in [-0.4, -0.2) is 12.0 Å². The quantitative estimate of drug-likeness (QED) is 0.719. The number of halogens is 5. The summed E-state index contributed by atoms with van der Waals surface area (Å²) in [5.41, 5.74) is 0.244. The molecule has 116 valence electrons. The summed E-state index contributed by atoms with van der Waals surface area (Å²) in [7, 11) is 0. The molecular weight excluding hydrogens is 308 g/mol. The molecule has 0 N–H and O–H groups in total. The molecule has 0 heterocycles. The van der Waals surface area contributed by atoms with Gasteiger partial charge in [0.15, 0.2) is 0 Å². The minimum atomic E-state index is -4.37. The summed E-state index contributed by atoms with van der Waals surface area (Å²) in [6.07, 6.45) is -3.32. The summed E-state index contributed by atoms with van der Waals surface area (Å²) in [6.45, 7) is 0. The molecule has 0 aliphatic heterocycles. The second kappa shape index (κ2) is 6.34. The lowest BCUT2D eigenvalue weighted by Crippen LogP contribution is -2.37. The van der Waals surface area contributed by atoms with Crippen molar-refractivity contribution in [1.82, 2.24) is 0 Å². The first-order chi connectivity index (χ1) is 9.79. The lowest BCUT2D eigenvalue weighted by Gasteiger charge is -2.32. The average molecular weight is 323 g/mol. The van der Waals surface area contributed by atoms with Crippen molar-refractivity contribution in [3.8, 4) is 0 Å². The molecule has 1 aliphatic carbocycles. The standard InChI is InChI=1S/C15H15ClF4O/c16-13-6-5-10(17)7-9(13)8-14(21)11-3-1-2-4-12(11)15(18,19)20/h5-7,11-12H,1-4,8H2. The van der Waals surface area contributed by atoms with Crippen molar-refractivity contribution < 1.29 is 22.4 Å². The first-order valence-electron chi connectivity index (χ1n) is 6.82. The number of hydrogen-bond acceptors (Lipinski definition) is 1. The highest BCUT2D eigenvalue weighted by Crippen LogP contribution is 2.42. The van der Waals surface area contributed by atoms with E-state index < -0.39 is 29.6 Å². The number of ketones is 1. The summed E-state index contributed by atoms with van der Waals surface area (Å²) in [5.74, 6) is -3.70. The molecule has 1 aromatic rings. The van der Waals surface area contributed by atoms with Gasteiger partial charge in [-0.3, -0.25) is 4.79 Å². The van der Waals surface area contributed by atoms with E-state index in [0.29, 0.717) is 12.8 Å². The van der Waals surface area contributed by atoms with Gasteiger partial charge >= 0.3 is 6.18 Å². The Kier molecular flexibility index (Phi) is 4.91. The van der Waals surface area contributed by atoms with Crippen LogP contribution in [0, 0.1) is 17.7 Å². The molecule has 2 unspecified atom stereocenters. The van der Waals surface area contributed by atoms with Crippen molar-refractivity contribution in [2.24, 2.45) is 11.8 Å². The van der Waals surface area contributed by atoms with Gasteiger partial charge in [0.25, 0.3) is 0 Å². The smallest absolute Gasteiger partial charge is 0.299 e. The highest BCUT2D eigenvalue weighted by atomic mass is 35.5. The Morgan fingerprint density at radius 1 is 1.24 bits per heavy atom. The average Bonchev–Trinajstić information content (AvgIpc) is 2.42. The number of rotatable bonds is 3. The first kappa shape index (κ1) is 16.3. The molecule has 1 nitrogen and oxygen atoms in total. The molecule has 1 saturated carbocycles. The Balaban J connectivity index is 2.16. The summed E-state index contributed by atoms with van der Waals surface area (Å²) in [5, 5.41) is 0.198. The van der Waals surface area contributed by atoms with Gasteiger partial charge < -0.3 is 0 Å². The molecule has 0 aromatic heterocycles. The van der Waals surface area contributed by atoms with Gasteiger partial charge in [-0.15, -0.1) is 0 Å². The van der Waals surface area contributed by atoms with E-state index in [1.807, 2.05) is 0 Å². The maximum atomic E-state index is 13.2. The summed E-state index contributed by atoms with van der Waals surface area (Å²) < 4.78 is 52.1. The molecule has 0 radical (unpaired) electrons. The highest BCUT2D eigenvalue weighted by molar-refractivity contribution is 6.31. The monoisotopic (exact) mass is 322 g/mol.